The lowest BCUT2D eigenvalue weighted by molar-refractivity contribution is 0.659. The number of hydrogen-bond acceptors (Lipinski definition) is 2. The number of halogens is 1. The van der Waals surface area contributed by atoms with Gasteiger partial charge in [-0.05, 0) is 50.2 Å². The Morgan fingerprint density at radius 3 is 2.61 bits per heavy atom. The van der Waals surface area contributed by atoms with Crippen LogP contribution in [-0.4, -0.2) is 21.4 Å². The maximum atomic E-state index is 5.36. The van der Waals surface area contributed by atoms with E-state index < -0.39 is 0 Å². The molecule has 0 aliphatic rings. The summed E-state index contributed by atoms with van der Waals surface area (Å²) in [4.78, 5) is 0. The Hall–Kier alpha value is -1.40. The molecule has 1 aromatic heterocycles. The molecule has 0 unspecified atom stereocenters. The van der Waals surface area contributed by atoms with E-state index in [0.717, 1.165) is 47.5 Å². The lowest BCUT2D eigenvalue weighted by atomic mass is 10.2. The molecule has 0 saturated carbocycles. The summed E-state index contributed by atoms with van der Waals surface area (Å²) in [5.41, 5.74) is 4.26. The van der Waals surface area contributed by atoms with Crippen molar-refractivity contribution in [3.63, 3.8) is 0 Å². The fourth-order valence-electron chi connectivity index (χ4n) is 2.33. The molecule has 23 heavy (non-hydrogen) atoms. The van der Waals surface area contributed by atoms with Crippen LogP contribution in [0.3, 0.4) is 0 Å². The highest BCUT2D eigenvalue weighted by Crippen LogP contribution is 2.21. The van der Waals surface area contributed by atoms with Crippen molar-refractivity contribution in [3.05, 3.63) is 45.7 Å². The first-order valence-corrected chi connectivity index (χ1v) is 9.04. The number of benzene rings is 1. The van der Waals surface area contributed by atoms with E-state index in [4.69, 9.17) is 12.2 Å². The summed E-state index contributed by atoms with van der Waals surface area (Å²) in [5, 5.41) is 11.8. The topological polar surface area (TPSA) is 41.9 Å². The van der Waals surface area contributed by atoms with Gasteiger partial charge in [-0.25, -0.2) is 0 Å². The number of unbranched alkanes of at least 4 members (excludes halogenated alkanes) is 1. The van der Waals surface area contributed by atoms with Crippen molar-refractivity contribution in [3.8, 4) is 0 Å². The second-order valence-corrected chi connectivity index (χ2v) is 6.89. The lowest BCUT2D eigenvalue weighted by Gasteiger charge is -2.11. The van der Waals surface area contributed by atoms with E-state index in [2.05, 4.69) is 57.6 Å². The fraction of sp³-hybridized carbons (Fsp3) is 0.412. The molecule has 0 amide bonds. The first-order valence-electron chi connectivity index (χ1n) is 7.84. The third kappa shape index (κ3) is 5.04. The number of hydrogen-bond donors (Lipinski definition) is 2. The van der Waals surface area contributed by atoms with Crippen LogP contribution in [0.5, 0.6) is 0 Å². The summed E-state index contributed by atoms with van der Waals surface area (Å²) in [7, 11) is 0. The normalized spacial score (nSPS) is 10.6. The van der Waals surface area contributed by atoms with Crippen LogP contribution in [0.15, 0.2) is 28.7 Å². The summed E-state index contributed by atoms with van der Waals surface area (Å²) in [6.45, 7) is 7.88. The molecule has 0 aliphatic carbocycles. The summed E-state index contributed by atoms with van der Waals surface area (Å²) in [5.74, 6) is 0. The van der Waals surface area contributed by atoms with Gasteiger partial charge in [0.05, 0.1) is 23.6 Å². The Morgan fingerprint density at radius 2 is 1.96 bits per heavy atom. The average Bonchev–Trinajstić information content (AvgIpc) is 2.77. The van der Waals surface area contributed by atoms with Gasteiger partial charge in [0, 0.05) is 11.0 Å². The van der Waals surface area contributed by atoms with E-state index in [0.29, 0.717) is 5.11 Å². The Kier molecular flexibility index (Phi) is 6.59. The van der Waals surface area contributed by atoms with E-state index in [1.807, 2.05) is 23.7 Å². The van der Waals surface area contributed by atoms with Gasteiger partial charge in [-0.15, -0.1) is 0 Å². The van der Waals surface area contributed by atoms with Crippen LogP contribution < -0.4 is 10.6 Å². The molecule has 6 heteroatoms. The number of nitrogens with one attached hydrogen (secondary N) is 2. The van der Waals surface area contributed by atoms with Crippen LogP contribution in [0.2, 0.25) is 0 Å². The van der Waals surface area contributed by atoms with Gasteiger partial charge in [0.15, 0.2) is 5.11 Å². The first kappa shape index (κ1) is 17.9. The number of aryl methyl sites for hydroxylation is 1. The summed E-state index contributed by atoms with van der Waals surface area (Å²) < 4.78 is 3.09. The third-order valence-electron chi connectivity index (χ3n) is 3.68. The average molecular weight is 395 g/mol. The molecule has 124 valence electrons. The van der Waals surface area contributed by atoms with Crippen molar-refractivity contribution >= 4 is 38.9 Å². The molecule has 0 atom stereocenters. The molecule has 0 radical (unpaired) electrons. The highest BCUT2D eigenvalue weighted by Gasteiger charge is 2.12. The van der Waals surface area contributed by atoms with Crippen molar-refractivity contribution in [1.29, 1.82) is 0 Å². The van der Waals surface area contributed by atoms with E-state index in [9.17, 15) is 0 Å². The number of nitrogens with zero attached hydrogens (tertiary/aromatic N) is 2. The Bertz CT molecular complexity index is 664. The predicted octanol–water partition coefficient (Wildman–Crippen LogP) is 4.40. The number of aromatic nitrogens is 2. The van der Waals surface area contributed by atoms with Crippen molar-refractivity contribution in [1.82, 2.24) is 15.1 Å². The fourth-order valence-corrected chi connectivity index (χ4v) is 2.80. The van der Waals surface area contributed by atoms with Gasteiger partial charge < -0.3 is 10.6 Å². The lowest BCUT2D eigenvalue weighted by Crippen LogP contribution is -2.29. The molecule has 4 nitrogen and oxygen atoms in total. The zero-order valence-electron chi connectivity index (χ0n) is 13.8. The monoisotopic (exact) mass is 394 g/mol. The van der Waals surface area contributed by atoms with Crippen LogP contribution in [-0.2, 0) is 6.54 Å². The van der Waals surface area contributed by atoms with Crippen molar-refractivity contribution in [2.75, 3.05) is 11.9 Å². The number of thiocarbonyl (C=S) groups is 1. The SMILES string of the molecule is CCCCNC(=S)Nc1c(C)nn(Cc2ccc(Br)cc2)c1C. The van der Waals surface area contributed by atoms with E-state index in [1.165, 1.54) is 5.56 Å². The minimum Gasteiger partial charge on any atom is -0.362 e. The van der Waals surface area contributed by atoms with Gasteiger partial charge >= 0.3 is 0 Å². The highest BCUT2D eigenvalue weighted by atomic mass is 79.9. The quantitative estimate of drug-likeness (QED) is 0.562. The second-order valence-electron chi connectivity index (χ2n) is 5.56. The molecule has 1 aromatic carbocycles. The Balaban J connectivity index is 2.06. The Morgan fingerprint density at radius 1 is 1.26 bits per heavy atom. The second kappa shape index (κ2) is 8.45. The zero-order chi connectivity index (χ0) is 16.8. The first-order chi connectivity index (χ1) is 11.0. The predicted molar refractivity (Wildman–Crippen MR) is 104 cm³/mol. The van der Waals surface area contributed by atoms with Crippen LogP contribution in [0.25, 0.3) is 0 Å². The smallest absolute Gasteiger partial charge is 0.170 e. The molecule has 0 spiro atoms. The molecule has 0 saturated heterocycles. The molecular formula is C17H23BrN4S. The zero-order valence-corrected chi connectivity index (χ0v) is 16.2. The van der Waals surface area contributed by atoms with E-state index in [-0.39, 0.29) is 0 Å². The van der Waals surface area contributed by atoms with Gasteiger partial charge in [-0.2, -0.15) is 5.10 Å². The molecule has 0 bridgehead atoms. The molecule has 0 fully saturated rings. The maximum absolute atomic E-state index is 5.36. The van der Waals surface area contributed by atoms with Gasteiger partial charge in [0.2, 0.25) is 0 Å². The molecule has 0 aliphatic heterocycles. The molecule has 2 rings (SSSR count). The van der Waals surface area contributed by atoms with Crippen LogP contribution in [0.1, 0.15) is 36.7 Å². The number of rotatable bonds is 6. The van der Waals surface area contributed by atoms with Crippen molar-refractivity contribution in [2.45, 2.75) is 40.2 Å². The minimum atomic E-state index is 0.660. The highest BCUT2D eigenvalue weighted by molar-refractivity contribution is 9.10. The minimum absolute atomic E-state index is 0.660. The van der Waals surface area contributed by atoms with E-state index >= 15 is 0 Å². The van der Waals surface area contributed by atoms with Gasteiger partial charge in [-0.1, -0.05) is 41.4 Å². The largest absolute Gasteiger partial charge is 0.362 e. The standard InChI is InChI=1S/C17H23BrN4S/c1-4-5-10-19-17(23)20-16-12(2)21-22(13(16)3)11-14-6-8-15(18)9-7-14/h6-9H,4-5,10-11H2,1-3H3,(H2,19,20,23). The molecule has 2 aromatic rings. The van der Waals surface area contributed by atoms with Gasteiger partial charge in [0.1, 0.15) is 0 Å². The number of anilines is 1. The van der Waals surface area contributed by atoms with Crippen molar-refractivity contribution < 1.29 is 0 Å². The van der Waals surface area contributed by atoms with Crippen LogP contribution in [0, 0.1) is 13.8 Å². The van der Waals surface area contributed by atoms with Crippen molar-refractivity contribution in [2.24, 2.45) is 0 Å². The van der Waals surface area contributed by atoms with Crippen LogP contribution in [0.4, 0.5) is 5.69 Å². The molecule has 2 N–H and O–H groups in total. The Labute approximate surface area is 151 Å². The maximum Gasteiger partial charge on any atom is 0.170 e. The van der Waals surface area contributed by atoms with Crippen LogP contribution >= 0.6 is 28.1 Å². The van der Waals surface area contributed by atoms with Gasteiger partial charge in [-0.3, -0.25) is 4.68 Å². The third-order valence-corrected chi connectivity index (χ3v) is 4.46. The summed E-state index contributed by atoms with van der Waals surface area (Å²) in [6, 6.07) is 8.30. The molecule has 1 heterocycles. The van der Waals surface area contributed by atoms with E-state index in [1.54, 1.807) is 0 Å². The summed E-state index contributed by atoms with van der Waals surface area (Å²) >= 11 is 8.82. The summed E-state index contributed by atoms with van der Waals surface area (Å²) in [6.07, 6.45) is 2.27. The van der Waals surface area contributed by atoms with Gasteiger partial charge in [0.25, 0.3) is 0 Å². The molecular weight excluding hydrogens is 372 g/mol.